The van der Waals surface area contributed by atoms with Gasteiger partial charge in [-0.25, -0.2) is 9.37 Å². The highest BCUT2D eigenvalue weighted by molar-refractivity contribution is 7.09. The fraction of sp³-hybridized carbons (Fsp3) is 0.250. The molecule has 0 unspecified atom stereocenters. The van der Waals surface area contributed by atoms with Crippen molar-refractivity contribution >= 4 is 40.2 Å². The van der Waals surface area contributed by atoms with Crippen molar-refractivity contribution in [3.8, 4) is 0 Å². The normalized spacial score (nSPS) is 10.7. The Morgan fingerprint density at radius 3 is 2.56 bits per heavy atom. The van der Waals surface area contributed by atoms with Crippen LogP contribution in [0.15, 0.2) is 17.6 Å². The second kappa shape index (κ2) is 5.87. The van der Waals surface area contributed by atoms with Gasteiger partial charge in [0.25, 0.3) is 0 Å². The van der Waals surface area contributed by atoms with Crippen molar-refractivity contribution in [3.63, 3.8) is 0 Å². The van der Waals surface area contributed by atoms with Crippen LogP contribution < -0.4 is 5.32 Å². The fourth-order valence-corrected chi connectivity index (χ4v) is 2.95. The number of nitrogens with one attached hydrogen (secondary N) is 1. The molecule has 0 aliphatic carbocycles. The van der Waals surface area contributed by atoms with E-state index in [1.165, 1.54) is 17.0 Å². The average molecular weight is 305 g/mol. The lowest BCUT2D eigenvalue weighted by Crippen LogP contribution is -2.06. The number of rotatable bonds is 4. The highest BCUT2D eigenvalue weighted by Crippen LogP contribution is 2.31. The third-order valence-electron chi connectivity index (χ3n) is 2.51. The minimum atomic E-state index is -0.436. The first-order valence-electron chi connectivity index (χ1n) is 5.35. The van der Waals surface area contributed by atoms with Gasteiger partial charge in [-0.1, -0.05) is 23.2 Å². The van der Waals surface area contributed by atoms with Crippen molar-refractivity contribution in [2.75, 3.05) is 11.9 Å². The predicted molar refractivity (Wildman–Crippen MR) is 75.5 cm³/mol. The first kappa shape index (κ1) is 13.6. The molecule has 6 heteroatoms. The van der Waals surface area contributed by atoms with Crippen LogP contribution in [0.1, 0.15) is 10.6 Å². The van der Waals surface area contributed by atoms with E-state index < -0.39 is 5.82 Å². The van der Waals surface area contributed by atoms with Gasteiger partial charge in [-0.2, -0.15) is 0 Å². The summed E-state index contributed by atoms with van der Waals surface area (Å²) in [7, 11) is 0. The summed E-state index contributed by atoms with van der Waals surface area (Å²) in [4.78, 5) is 5.40. The topological polar surface area (TPSA) is 24.9 Å². The molecule has 18 heavy (non-hydrogen) atoms. The predicted octanol–water partition coefficient (Wildman–Crippen LogP) is 4.55. The van der Waals surface area contributed by atoms with E-state index in [0.717, 1.165) is 12.1 Å². The Morgan fingerprint density at radius 1 is 1.33 bits per heavy atom. The molecule has 0 fully saturated rings. The number of benzene rings is 1. The maximum absolute atomic E-state index is 13.0. The van der Waals surface area contributed by atoms with E-state index in [1.807, 2.05) is 12.4 Å². The summed E-state index contributed by atoms with van der Waals surface area (Å²) < 4.78 is 13.0. The molecule has 2 rings (SSSR count). The number of nitrogens with zero attached hydrogens (tertiary/aromatic N) is 1. The molecule has 1 aromatic carbocycles. The number of aryl methyl sites for hydroxylation is 1. The molecule has 0 saturated carbocycles. The number of hydrogen-bond donors (Lipinski definition) is 1. The Bertz CT molecular complexity index is 534. The van der Waals surface area contributed by atoms with Crippen LogP contribution in [0.25, 0.3) is 0 Å². The van der Waals surface area contributed by atoms with Gasteiger partial charge in [0.05, 0.1) is 26.9 Å². The third-order valence-corrected chi connectivity index (χ3v) is 4.10. The molecule has 0 aliphatic heterocycles. The van der Waals surface area contributed by atoms with Crippen LogP contribution in [0.4, 0.5) is 10.1 Å². The Balaban J connectivity index is 2.01. The third kappa shape index (κ3) is 3.13. The molecule has 2 aromatic rings. The van der Waals surface area contributed by atoms with Crippen LogP contribution in [0.5, 0.6) is 0 Å². The lowest BCUT2D eigenvalue weighted by Gasteiger charge is -2.10. The second-order valence-corrected chi connectivity index (χ2v) is 5.54. The van der Waals surface area contributed by atoms with Gasteiger partial charge in [0.15, 0.2) is 0 Å². The maximum Gasteiger partial charge on any atom is 0.126 e. The number of thiazole rings is 1. The lowest BCUT2D eigenvalue weighted by molar-refractivity contribution is 0.628. The van der Waals surface area contributed by atoms with Crippen molar-refractivity contribution in [2.24, 2.45) is 0 Å². The van der Waals surface area contributed by atoms with Crippen LogP contribution in [0.3, 0.4) is 0 Å². The molecule has 2 nitrogen and oxygen atoms in total. The summed E-state index contributed by atoms with van der Waals surface area (Å²) in [5, 5.41) is 3.71. The van der Waals surface area contributed by atoms with Gasteiger partial charge < -0.3 is 5.32 Å². The Morgan fingerprint density at radius 2 is 2.00 bits per heavy atom. The van der Waals surface area contributed by atoms with Crippen molar-refractivity contribution in [1.29, 1.82) is 0 Å². The molecule has 1 heterocycles. The SMILES string of the molecule is Cc1ncsc1CCNc1c(Cl)cc(F)cc1Cl. The zero-order chi connectivity index (χ0) is 13.1. The maximum atomic E-state index is 13.0. The Hall–Kier alpha value is -0.840. The number of hydrogen-bond acceptors (Lipinski definition) is 3. The van der Waals surface area contributed by atoms with Gasteiger partial charge in [0, 0.05) is 17.8 Å². The molecule has 1 N–H and O–H groups in total. The summed E-state index contributed by atoms with van der Waals surface area (Å²) in [6.45, 7) is 2.65. The zero-order valence-electron chi connectivity index (χ0n) is 9.64. The summed E-state index contributed by atoms with van der Waals surface area (Å²) >= 11 is 13.5. The quantitative estimate of drug-likeness (QED) is 0.896. The minimum absolute atomic E-state index is 0.293. The summed E-state index contributed by atoms with van der Waals surface area (Å²) in [5.74, 6) is -0.436. The molecule has 96 valence electrons. The molecular formula is C12H11Cl2FN2S. The molecule has 0 radical (unpaired) electrons. The van der Waals surface area contributed by atoms with Gasteiger partial charge in [0.1, 0.15) is 5.82 Å². The van der Waals surface area contributed by atoms with E-state index in [-0.39, 0.29) is 0 Å². The Labute approximate surface area is 119 Å². The first-order valence-corrected chi connectivity index (χ1v) is 6.99. The highest BCUT2D eigenvalue weighted by atomic mass is 35.5. The average Bonchev–Trinajstić information content (AvgIpc) is 2.68. The van der Waals surface area contributed by atoms with Gasteiger partial charge >= 0.3 is 0 Å². The molecule has 0 bridgehead atoms. The Kier molecular flexibility index (Phi) is 4.43. The van der Waals surface area contributed by atoms with Crippen molar-refractivity contribution in [3.05, 3.63) is 44.1 Å². The van der Waals surface area contributed by atoms with Gasteiger partial charge in [-0.15, -0.1) is 11.3 Å². The molecule has 0 amide bonds. The number of anilines is 1. The second-order valence-electron chi connectivity index (χ2n) is 3.78. The summed E-state index contributed by atoms with van der Waals surface area (Å²) in [5.41, 5.74) is 3.43. The lowest BCUT2D eigenvalue weighted by atomic mass is 10.2. The van der Waals surface area contributed by atoms with Gasteiger partial charge in [0.2, 0.25) is 0 Å². The smallest absolute Gasteiger partial charge is 0.126 e. The van der Waals surface area contributed by atoms with Gasteiger partial charge in [-0.3, -0.25) is 0 Å². The van der Waals surface area contributed by atoms with Crippen molar-refractivity contribution in [2.45, 2.75) is 13.3 Å². The molecular weight excluding hydrogens is 294 g/mol. The summed E-state index contributed by atoms with van der Waals surface area (Å²) in [6, 6.07) is 2.49. The van der Waals surface area contributed by atoms with E-state index in [2.05, 4.69) is 10.3 Å². The van der Waals surface area contributed by atoms with Crippen LogP contribution in [0.2, 0.25) is 10.0 Å². The number of aromatic nitrogens is 1. The van der Waals surface area contributed by atoms with Crippen LogP contribution >= 0.6 is 34.5 Å². The van der Waals surface area contributed by atoms with E-state index in [4.69, 9.17) is 23.2 Å². The van der Waals surface area contributed by atoms with Crippen molar-refractivity contribution in [1.82, 2.24) is 4.98 Å². The molecule has 0 spiro atoms. The monoisotopic (exact) mass is 304 g/mol. The van der Waals surface area contributed by atoms with E-state index in [0.29, 0.717) is 22.3 Å². The molecule has 0 aliphatic rings. The first-order chi connectivity index (χ1) is 8.58. The van der Waals surface area contributed by atoms with E-state index in [9.17, 15) is 4.39 Å². The fourth-order valence-electron chi connectivity index (χ4n) is 1.58. The van der Waals surface area contributed by atoms with Crippen LogP contribution in [-0.2, 0) is 6.42 Å². The van der Waals surface area contributed by atoms with Gasteiger partial charge in [-0.05, 0) is 19.1 Å². The van der Waals surface area contributed by atoms with E-state index >= 15 is 0 Å². The largest absolute Gasteiger partial charge is 0.382 e. The van der Waals surface area contributed by atoms with Crippen LogP contribution in [-0.4, -0.2) is 11.5 Å². The van der Waals surface area contributed by atoms with Crippen molar-refractivity contribution < 1.29 is 4.39 Å². The number of halogens is 3. The zero-order valence-corrected chi connectivity index (χ0v) is 12.0. The van der Waals surface area contributed by atoms with E-state index in [1.54, 1.807) is 11.3 Å². The standard InChI is InChI=1S/C12H11Cl2FN2S/c1-7-11(18-6-17-7)2-3-16-12-9(13)4-8(15)5-10(12)14/h4-6,16H,2-3H2,1H3. The molecule has 0 atom stereocenters. The summed E-state index contributed by atoms with van der Waals surface area (Å²) in [6.07, 6.45) is 0.834. The highest BCUT2D eigenvalue weighted by Gasteiger charge is 2.08. The molecule has 0 saturated heterocycles. The molecule has 1 aromatic heterocycles. The minimum Gasteiger partial charge on any atom is -0.382 e. The van der Waals surface area contributed by atoms with Crippen LogP contribution in [0, 0.1) is 12.7 Å².